The molecule has 3 aliphatic carbocycles. The fourth-order valence-corrected chi connectivity index (χ4v) is 8.97. The first-order valence-electron chi connectivity index (χ1n) is 16.9. The van der Waals surface area contributed by atoms with E-state index in [0.29, 0.717) is 67.4 Å². The minimum atomic E-state index is -4.17. The van der Waals surface area contributed by atoms with Gasteiger partial charge in [0, 0.05) is 11.0 Å². The predicted molar refractivity (Wildman–Crippen MR) is 180 cm³/mol. The Bertz CT molecular complexity index is 2060. The Labute approximate surface area is 293 Å². The lowest BCUT2D eigenvalue weighted by molar-refractivity contribution is -0.119. The molecule has 1 atom stereocenters. The van der Waals surface area contributed by atoms with Gasteiger partial charge in [-0.25, -0.2) is 12.8 Å². The number of benzene rings is 2. The molecule has 4 aromatic rings. The van der Waals surface area contributed by atoms with E-state index in [4.69, 9.17) is 20.0 Å². The molecule has 4 N–H and O–H groups in total. The summed E-state index contributed by atoms with van der Waals surface area (Å²) in [4.78, 5) is 33.0. The maximum absolute atomic E-state index is 15.8. The molecule has 3 fully saturated rings. The number of tetrazole rings is 1. The normalized spacial score (nSPS) is 24.3. The number of carbonyl (C=O) groups excluding carboxylic acids is 2. The van der Waals surface area contributed by atoms with Crippen LogP contribution in [0.3, 0.4) is 0 Å². The van der Waals surface area contributed by atoms with Crippen LogP contribution in [0.4, 0.5) is 10.1 Å². The second-order valence-corrected chi connectivity index (χ2v) is 16.7. The van der Waals surface area contributed by atoms with E-state index in [2.05, 4.69) is 31.1 Å². The van der Waals surface area contributed by atoms with Crippen molar-refractivity contribution >= 4 is 27.3 Å². The van der Waals surface area contributed by atoms with E-state index in [0.717, 1.165) is 12.1 Å². The molecule has 0 saturated heterocycles. The number of H-pyrrole nitrogens is 1. The number of sulfone groups is 1. The Kier molecular flexibility index (Phi) is 8.48. The fraction of sp³-hybridized carbons (Fsp3) is 0.500. The number of halogens is 1. The summed E-state index contributed by atoms with van der Waals surface area (Å²) in [6, 6.07) is 7.59. The molecule has 51 heavy (non-hydrogen) atoms. The van der Waals surface area contributed by atoms with Crippen LogP contribution in [-0.4, -0.2) is 74.4 Å². The highest BCUT2D eigenvalue weighted by Gasteiger charge is 2.53. The van der Waals surface area contributed by atoms with Gasteiger partial charge < -0.3 is 25.2 Å². The van der Waals surface area contributed by atoms with E-state index >= 15 is 4.39 Å². The lowest BCUT2D eigenvalue weighted by Gasteiger charge is -2.52. The van der Waals surface area contributed by atoms with Crippen molar-refractivity contribution in [2.24, 2.45) is 5.73 Å². The summed E-state index contributed by atoms with van der Waals surface area (Å²) in [5, 5.41) is 21.6. The number of amides is 2. The van der Waals surface area contributed by atoms with Gasteiger partial charge in [0.15, 0.2) is 21.5 Å². The van der Waals surface area contributed by atoms with E-state index in [1.165, 1.54) is 4.90 Å². The zero-order valence-electron chi connectivity index (χ0n) is 28.8. The molecule has 0 spiro atoms. The number of carbonyl (C=O) groups is 2. The third-order valence-corrected chi connectivity index (χ3v) is 12.3. The van der Waals surface area contributed by atoms with Crippen molar-refractivity contribution in [3.63, 3.8) is 0 Å². The molecule has 2 aromatic carbocycles. The molecular weight excluding hydrogens is 681 g/mol. The molecular formula is C34H40FN9O6S. The SMILES string of the molecule is CC(C)Oc1ccc(CN2C(=O)[C@@H](N)CS(=O)(=O)c3cc(F)c(C(=O)NC45CCC(c6nc(C(C)(C)c7nn[nH]n7)no6)(CC4)CC5)cc32)cc1. The van der Waals surface area contributed by atoms with Crippen LogP contribution in [0.25, 0.3) is 0 Å². The number of hydrogen-bond donors (Lipinski definition) is 3. The van der Waals surface area contributed by atoms with Gasteiger partial charge >= 0.3 is 0 Å². The minimum absolute atomic E-state index is 0.0394. The Morgan fingerprint density at radius 2 is 1.82 bits per heavy atom. The molecule has 270 valence electrons. The number of nitrogens with one attached hydrogen (secondary N) is 2. The highest BCUT2D eigenvalue weighted by Crippen LogP contribution is 2.53. The first-order chi connectivity index (χ1) is 24.1. The van der Waals surface area contributed by atoms with Crippen LogP contribution in [-0.2, 0) is 32.0 Å². The van der Waals surface area contributed by atoms with Crippen molar-refractivity contribution in [1.82, 2.24) is 36.1 Å². The van der Waals surface area contributed by atoms with Gasteiger partial charge in [0.2, 0.25) is 11.8 Å². The van der Waals surface area contributed by atoms with Crippen molar-refractivity contribution in [3.8, 4) is 5.75 Å². The predicted octanol–water partition coefficient (Wildman–Crippen LogP) is 3.26. The molecule has 0 radical (unpaired) electrons. The van der Waals surface area contributed by atoms with E-state index in [-0.39, 0.29) is 29.3 Å². The maximum Gasteiger partial charge on any atom is 0.254 e. The Morgan fingerprint density at radius 1 is 1.14 bits per heavy atom. The number of hydrogen-bond acceptors (Lipinski definition) is 12. The smallest absolute Gasteiger partial charge is 0.254 e. The van der Waals surface area contributed by atoms with E-state index < -0.39 is 55.1 Å². The summed E-state index contributed by atoms with van der Waals surface area (Å²) in [5.74, 6) is -1.02. The van der Waals surface area contributed by atoms with Crippen LogP contribution in [0.15, 0.2) is 45.8 Å². The Balaban J connectivity index is 1.12. The lowest BCUT2D eigenvalue weighted by Crippen LogP contribution is -2.58. The molecule has 15 nitrogen and oxygen atoms in total. The summed E-state index contributed by atoms with van der Waals surface area (Å²) in [5.41, 5.74) is 4.55. The monoisotopic (exact) mass is 721 g/mol. The Hall–Kier alpha value is -4.77. The zero-order valence-corrected chi connectivity index (χ0v) is 29.6. The van der Waals surface area contributed by atoms with Gasteiger partial charge in [-0.15, -0.1) is 10.2 Å². The number of rotatable bonds is 9. The second-order valence-electron chi connectivity index (χ2n) is 14.7. The van der Waals surface area contributed by atoms with E-state index in [9.17, 15) is 18.0 Å². The van der Waals surface area contributed by atoms with Crippen LogP contribution >= 0.6 is 0 Å². The molecule has 17 heteroatoms. The minimum Gasteiger partial charge on any atom is -0.491 e. The molecule has 2 bridgehead atoms. The summed E-state index contributed by atoms with van der Waals surface area (Å²) >= 11 is 0. The molecule has 4 aliphatic rings. The lowest BCUT2D eigenvalue weighted by atomic mass is 9.57. The number of nitrogens with zero attached hydrogens (tertiary/aromatic N) is 6. The number of aromatic nitrogens is 6. The van der Waals surface area contributed by atoms with Gasteiger partial charge in [0.1, 0.15) is 11.6 Å². The van der Waals surface area contributed by atoms with Gasteiger partial charge in [0.05, 0.1) is 46.0 Å². The largest absolute Gasteiger partial charge is 0.491 e. The topological polar surface area (TPSA) is 212 Å². The van der Waals surface area contributed by atoms with E-state index in [1.54, 1.807) is 24.3 Å². The third kappa shape index (κ3) is 6.26. The standard InChI is InChI=1S/C34H40FN9O6S/c1-19(2)49-21-7-5-20(6-8-21)17-44-25-15-22(23(35)16-26(25)51(47,48)18-24(36)28(44)46)27(45)38-34-12-9-33(10-13-34,11-14-34)31-37-29(41-50-31)32(3,4)30-39-42-43-40-30/h5-8,15-16,19,24H,9-14,17-18,36H2,1-4H3,(H,38,45)(H,39,40,42,43)/t24-,33?,34?/m0/s1. The number of anilines is 1. The third-order valence-electron chi connectivity index (χ3n) is 10.5. The molecule has 1 aliphatic heterocycles. The number of fused-ring (bicyclic) bond motifs is 4. The van der Waals surface area contributed by atoms with Crippen molar-refractivity contribution in [2.75, 3.05) is 10.7 Å². The molecule has 2 aromatic heterocycles. The van der Waals surface area contributed by atoms with Crippen LogP contribution in [0.2, 0.25) is 0 Å². The first-order valence-corrected chi connectivity index (χ1v) is 18.6. The molecule has 0 unspecified atom stereocenters. The molecule has 3 saturated carbocycles. The highest BCUT2D eigenvalue weighted by atomic mass is 32.2. The molecule has 3 heterocycles. The first kappa shape index (κ1) is 34.7. The summed E-state index contributed by atoms with van der Waals surface area (Å²) in [6.45, 7) is 7.51. The van der Waals surface area contributed by atoms with Gasteiger partial charge in [-0.05, 0) is 96.0 Å². The van der Waals surface area contributed by atoms with Crippen LogP contribution in [0.5, 0.6) is 5.75 Å². The average molecular weight is 722 g/mol. The molecule has 2 amide bonds. The van der Waals surface area contributed by atoms with Gasteiger partial charge in [0.25, 0.3) is 5.91 Å². The van der Waals surface area contributed by atoms with Crippen LogP contribution in [0, 0.1) is 5.82 Å². The van der Waals surface area contributed by atoms with Crippen molar-refractivity contribution in [2.45, 2.75) is 106 Å². The van der Waals surface area contributed by atoms with E-state index in [1.807, 2.05) is 27.7 Å². The summed E-state index contributed by atoms with van der Waals surface area (Å²) in [6.07, 6.45) is 3.68. The summed E-state index contributed by atoms with van der Waals surface area (Å²) < 4.78 is 53.9. The molecule has 8 rings (SSSR count). The van der Waals surface area contributed by atoms with Gasteiger partial charge in [-0.3, -0.25) is 9.59 Å². The fourth-order valence-electron chi connectivity index (χ4n) is 7.41. The number of ether oxygens (including phenoxy) is 1. The quantitative estimate of drug-likeness (QED) is 0.227. The average Bonchev–Trinajstić information content (AvgIpc) is 3.82. The highest BCUT2D eigenvalue weighted by molar-refractivity contribution is 7.91. The van der Waals surface area contributed by atoms with Crippen LogP contribution in [0.1, 0.15) is 99.7 Å². The number of nitrogens with two attached hydrogens (primary N) is 1. The summed E-state index contributed by atoms with van der Waals surface area (Å²) in [7, 11) is -4.17. The van der Waals surface area contributed by atoms with Gasteiger partial charge in [-0.2, -0.15) is 10.2 Å². The van der Waals surface area contributed by atoms with Crippen molar-refractivity contribution < 1.29 is 31.7 Å². The number of aromatic amines is 1. The zero-order chi connectivity index (χ0) is 36.3. The van der Waals surface area contributed by atoms with Crippen LogP contribution < -0.4 is 20.7 Å². The second kappa shape index (κ2) is 12.5. The maximum atomic E-state index is 15.8. The van der Waals surface area contributed by atoms with Crippen molar-refractivity contribution in [3.05, 3.63) is 70.9 Å². The van der Waals surface area contributed by atoms with Crippen molar-refractivity contribution in [1.29, 1.82) is 0 Å². The Morgan fingerprint density at radius 3 is 2.45 bits per heavy atom. The van der Waals surface area contributed by atoms with Gasteiger partial charge in [-0.1, -0.05) is 22.5 Å².